The lowest BCUT2D eigenvalue weighted by molar-refractivity contribution is 0.373. The molecule has 0 aliphatic carbocycles. The molecule has 4 nitrogen and oxygen atoms in total. The molecule has 0 fully saturated rings. The predicted octanol–water partition coefficient (Wildman–Crippen LogP) is 3.52. The second-order valence-corrected chi connectivity index (χ2v) is 4.56. The van der Waals surface area contributed by atoms with Crippen molar-refractivity contribution in [3.63, 3.8) is 0 Å². The third kappa shape index (κ3) is 3.22. The number of halogens is 1. The highest BCUT2D eigenvalue weighted by Crippen LogP contribution is 2.34. The van der Waals surface area contributed by atoms with E-state index < -0.39 is 0 Å². The van der Waals surface area contributed by atoms with E-state index in [-0.39, 0.29) is 10.8 Å². The number of methoxy groups -OCH3 is 1. The van der Waals surface area contributed by atoms with Gasteiger partial charge in [-0.05, 0) is 29.8 Å². The van der Waals surface area contributed by atoms with Crippen LogP contribution >= 0.6 is 11.6 Å². The fraction of sp³-hybridized carbons (Fsp3) is 0.133. The summed E-state index contributed by atoms with van der Waals surface area (Å²) in [6.45, 7) is 0. The Morgan fingerprint density at radius 2 is 1.95 bits per heavy atom. The van der Waals surface area contributed by atoms with Crippen LogP contribution in [0.2, 0.25) is 5.02 Å². The molecule has 0 bridgehead atoms. The van der Waals surface area contributed by atoms with Crippen molar-refractivity contribution in [3.8, 4) is 11.5 Å². The van der Waals surface area contributed by atoms with Gasteiger partial charge in [0.2, 0.25) is 0 Å². The van der Waals surface area contributed by atoms with Gasteiger partial charge < -0.3 is 9.84 Å². The topological polar surface area (TPSA) is 45.1 Å². The van der Waals surface area contributed by atoms with Gasteiger partial charge in [-0.2, -0.15) is 5.10 Å². The summed E-state index contributed by atoms with van der Waals surface area (Å²) >= 11 is 5.92. The first-order valence-electron chi connectivity index (χ1n) is 6.01. The fourth-order valence-corrected chi connectivity index (χ4v) is 1.91. The molecule has 5 heteroatoms. The zero-order valence-corrected chi connectivity index (χ0v) is 12.0. The Kier molecular flexibility index (Phi) is 4.48. The van der Waals surface area contributed by atoms with Crippen molar-refractivity contribution < 1.29 is 9.84 Å². The number of phenols is 1. The second kappa shape index (κ2) is 6.30. The summed E-state index contributed by atoms with van der Waals surface area (Å²) in [5.41, 5.74) is 1.72. The lowest BCUT2D eigenvalue weighted by atomic mass is 10.2. The summed E-state index contributed by atoms with van der Waals surface area (Å²) in [7, 11) is 3.33. The largest absolute Gasteiger partial charge is 0.503 e. The number of hydrazone groups is 1. The normalized spacial score (nSPS) is 10.8. The number of hydrogen-bond acceptors (Lipinski definition) is 4. The molecule has 2 aromatic rings. The molecule has 0 spiro atoms. The number of aromatic hydroxyl groups is 1. The summed E-state index contributed by atoms with van der Waals surface area (Å²) < 4.78 is 5.05. The Morgan fingerprint density at radius 1 is 1.25 bits per heavy atom. The minimum Gasteiger partial charge on any atom is -0.503 e. The smallest absolute Gasteiger partial charge is 0.176 e. The van der Waals surface area contributed by atoms with Crippen LogP contribution in [0.25, 0.3) is 0 Å². The molecule has 104 valence electrons. The van der Waals surface area contributed by atoms with Gasteiger partial charge in [-0.3, -0.25) is 5.01 Å². The van der Waals surface area contributed by atoms with Crippen molar-refractivity contribution in [1.82, 2.24) is 0 Å². The quantitative estimate of drug-likeness (QED) is 0.692. The molecule has 20 heavy (non-hydrogen) atoms. The van der Waals surface area contributed by atoms with Gasteiger partial charge in [0.25, 0.3) is 0 Å². The molecular formula is C15H15ClN2O2. The molecule has 0 atom stereocenters. The Morgan fingerprint density at radius 3 is 2.60 bits per heavy atom. The number of phenolic OH excluding ortho intramolecular Hbond substituents is 1. The SMILES string of the molecule is COc1cc(/C=N/N(C)c2ccccc2)cc(Cl)c1O. The van der Waals surface area contributed by atoms with Crippen LogP contribution in [0.15, 0.2) is 47.6 Å². The predicted molar refractivity (Wildman–Crippen MR) is 82.1 cm³/mol. The van der Waals surface area contributed by atoms with Crippen LogP contribution in [0.5, 0.6) is 11.5 Å². The number of rotatable bonds is 4. The lowest BCUT2D eigenvalue weighted by Gasteiger charge is -2.12. The van der Waals surface area contributed by atoms with Gasteiger partial charge in [-0.15, -0.1) is 0 Å². The molecule has 2 rings (SSSR count). The molecule has 0 unspecified atom stereocenters. The summed E-state index contributed by atoms with van der Waals surface area (Å²) in [5.74, 6) is 0.254. The van der Waals surface area contributed by atoms with Crippen molar-refractivity contribution in [3.05, 3.63) is 53.1 Å². The van der Waals surface area contributed by atoms with Gasteiger partial charge in [0.1, 0.15) is 0 Å². The summed E-state index contributed by atoms with van der Waals surface area (Å²) in [6.07, 6.45) is 1.65. The monoisotopic (exact) mass is 290 g/mol. The number of para-hydroxylation sites is 1. The highest BCUT2D eigenvalue weighted by molar-refractivity contribution is 6.32. The van der Waals surface area contributed by atoms with Crippen molar-refractivity contribution in [2.45, 2.75) is 0 Å². The third-order valence-electron chi connectivity index (χ3n) is 2.78. The van der Waals surface area contributed by atoms with Gasteiger partial charge in [0.15, 0.2) is 11.5 Å². The molecule has 0 aromatic heterocycles. The maximum atomic E-state index is 9.67. The van der Waals surface area contributed by atoms with Crippen molar-refractivity contribution >= 4 is 23.5 Å². The standard InChI is InChI=1S/C15H15ClN2O2/c1-18(12-6-4-3-5-7-12)17-10-11-8-13(16)15(19)14(9-11)20-2/h3-10,19H,1-2H3/b17-10+. The molecule has 0 radical (unpaired) electrons. The highest BCUT2D eigenvalue weighted by Gasteiger charge is 2.08. The van der Waals surface area contributed by atoms with Gasteiger partial charge in [0, 0.05) is 7.05 Å². The van der Waals surface area contributed by atoms with E-state index in [1.807, 2.05) is 37.4 Å². The van der Waals surface area contributed by atoms with E-state index in [0.717, 1.165) is 11.3 Å². The number of nitrogens with zero attached hydrogens (tertiary/aromatic N) is 2. The van der Waals surface area contributed by atoms with Gasteiger partial charge in [-0.25, -0.2) is 0 Å². The zero-order chi connectivity index (χ0) is 14.5. The number of hydrogen-bond donors (Lipinski definition) is 1. The van der Waals surface area contributed by atoms with Crippen molar-refractivity contribution in [1.29, 1.82) is 0 Å². The minimum absolute atomic E-state index is 0.0669. The van der Waals surface area contributed by atoms with Crippen LogP contribution in [-0.4, -0.2) is 25.5 Å². The molecule has 0 saturated heterocycles. The van der Waals surface area contributed by atoms with Crippen LogP contribution in [0.1, 0.15) is 5.56 Å². The van der Waals surface area contributed by atoms with E-state index in [1.54, 1.807) is 23.4 Å². The molecule has 1 N–H and O–H groups in total. The molecule has 0 heterocycles. The average molecular weight is 291 g/mol. The Bertz CT molecular complexity index is 615. The molecule has 0 saturated carbocycles. The third-order valence-corrected chi connectivity index (χ3v) is 3.07. The van der Waals surface area contributed by atoms with Crippen LogP contribution in [0, 0.1) is 0 Å². The second-order valence-electron chi connectivity index (χ2n) is 4.16. The van der Waals surface area contributed by atoms with Gasteiger partial charge in [0.05, 0.1) is 24.0 Å². The van der Waals surface area contributed by atoms with Crippen LogP contribution in [0.3, 0.4) is 0 Å². The van der Waals surface area contributed by atoms with Crippen molar-refractivity contribution in [2.75, 3.05) is 19.2 Å². The molecule has 0 amide bonds. The first kappa shape index (κ1) is 14.2. The lowest BCUT2D eigenvalue weighted by Crippen LogP contribution is -2.08. The Balaban J connectivity index is 2.21. The molecule has 0 aliphatic heterocycles. The van der Waals surface area contributed by atoms with Crippen LogP contribution in [-0.2, 0) is 0 Å². The minimum atomic E-state index is -0.0669. The van der Waals surface area contributed by atoms with E-state index in [2.05, 4.69) is 5.10 Å². The van der Waals surface area contributed by atoms with Gasteiger partial charge >= 0.3 is 0 Å². The first-order valence-corrected chi connectivity index (χ1v) is 6.39. The first-order chi connectivity index (χ1) is 9.61. The summed E-state index contributed by atoms with van der Waals surface area (Å²) in [4.78, 5) is 0. The van der Waals surface area contributed by atoms with E-state index in [4.69, 9.17) is 16.3 Å². The van der Waals surface area contributed by atoms with E-state index in [1.165, 1.54) is 7.11 Å². The average Bonchev–Trinajstić information content (AvgIpc) is 2.48. The van der Waals surface area contributed by atoms with Crippen LogP contribution < -0.4 is 9.75 Å². The molecular weight excluding hydrogens is 276 g/mol. The van der Waals surface area contributed by atoms with Crippen molar-refractivity contribution in [2.24, 2.45) is 5.10 Å². The summed E-state index contributed by atoms with van der Waals surface area (Å²) in [6, 6.07) is 13.1. The highest BCUT2D eigenvalue weighted by atomic mass is 35.5. The fourth-order valence-electron chi connectivity index (χ4n) is 1.69. The van der Waals surface area contributed by atoms with E-state index >= 15 is 0 Å². The molecule has 0 aliphatic rings. The summed E-state index contributed by atoms with van der Waals surface area (Å²) in [5, 5.41) is 16.0. The number of ether oxygens (including phenoxy) is 1. The van der Waals surface area contributed by atoms with E-state index in [0.29, 0.717) is 5.75 Å². The number of benzene rings is 2. The van der Waals surface area contributed by atoms with Gasteiger partial charge in [-0.1, -0.05) is 29.8 Å². The maximum Gasteiger partial charge on any atom is 0.176 e. The molecule has 2 aromatic carbocycles. The zero-order valence-electron chi connectivity index (χ0n) is 11.2. The number of anilines is 1. The Hall–Kier alpha value is -2.20. The van der Waals surface area contributed by atoms with Crippen LogP contribution in [0.4, 0.5) is 5.69 Å². The maximum absolute atomic E-state index is 9.67. The Labute approximate surface area is 122 Å². The van der Waals surface area contributed by atoms with E-state index in [9.17, 15) is 5.11 Å².